The molecule has 1 aromatic carbocycles. The van der Waals surface area contributed by atoms with E-state index >= 15 is 0 Å². The van der Waals surface area contributed by atoms with E-state index < -0.39 is 0 Å². The van der Waals surface area contributed by atoms with Crippen LogP contribution in [0.3, 0.4) is 0 Å². The molecular weight excluding hydrogens is 293 g/mol. The van der Waals surface area contributed by atoms with E-state index in [2.05, 4.69) is 24.3 Å². The van der Waals surface area contributed by atoms with Crippen molar-refractivity contribution >= 4 is 23.2 Å². The summed E-state index contributed by atoms with van der Waals surface area (Å²) >= 11 is 12.2. The first-order chi connectivity index (χ1) is 9.52. The zero-order valence-corrected chi connectivity index (χ0v) is 13.5. The van der Waals surface area contributed by atoms with Crippen molar-refractivity contribution in [2.45, 2.75) is 32.9 Å². The minimum Gasteiger partial charge on any atom is -0.305 e. The lowest BCUT2D eigenvalue weighted by Crippen LogP contribution is -2.20. The van der Waals surface area contributed by atoms with Gasteiger partial charge in [-0.15, -0.1) is 0 Å². The highest BCUT2D eigenvalue weighted by Gasteiger charge is 2.14. The molecule has 0 saturated carbocycles. The predicted octanol–water partition coefficient (Wildman–Crippen LogP) is 4.14. The van der Waals surface area contributed by atoms with Crippen molar-refractivity contribution in [1.29, 1.82) is 0 Å². The van der Waals surface area contributed by atoms with Crippen LogP contribution in [0, 0.1) is 0 Å². The lowest BCUT2D eigenvalue weighted by molar-refractivity contribution is 0.548. The number of rotatable bonds is 5. The van der Waals surface area contributed by atoms with Crippen LogP contribution >= 0.6 is 23.2 Å². The van der Waals surface area contributed by atoms with Gasteiger partial charge in [0.25, 0.3) is 0 Å². The summed E-state index contributed by atoms with van der Waals surface area (Å²) in [4.78, 5) is 0. The van der Waals surface area contributed by atoms with Gasteiger partial charge >= 0.3 is 0 Å². The van der Waals surface area contributed by atoms with Gasteiger partial charge in [0.05, 0.1) is 16.4 Å². The normalized spacial score (nSPS) is 12.7. The second-order valence-corrected chi connectivity index (χ2v) is 5.65. The molecule has 0 aliphatic carbocycles. The average Bonchev–Trinajstić information content (AvgIpc) is 2.71. The van der Waals surface area contributed by atoms with Gasteiger partial charge in [-0.25, -0.2) is 0 Å². The van der Waals surface area contributed by atoms with Gasteiger partial charge in [0, 0.05) is 24.7 Å². The van der Waals surface area contributed by atoms with Crippen molar-refractivity contribution in [2.75, 3.05) is 0 Å². The molecule has 0 radical (unpaired) electrons. The smallest absolute Gasteiger partial charge is 0.0863 e. The average molecular weight is 312 g/mol. The lowest BCUT2D eigenvalue weighted by atomic mass is 10.1. The Morgan fingerprint density at radius 3 is 2.45 bits per heavy atom. The topological polar surface area (TPSA) is 29.9 Å². The third-order valence-electron chi connectivity index (χ3n) is 3.45. The highest BCUT2D eigenvalue weighted by molar-refractivity contribution is 6.32. The fraction of sp³-hybridized carbons (Fsp3) is 0.400. The summed E-state index contributed by atoms with van der Waals surface area (Å²) in [6.07, 6.45) is 0.847. The number of aryl methyl sites for hydroxylation is 2. The first-order valence-corrected chi connectivity index (χ1v) is 7.47. The molecule has 1 aromatic heterocycles. The molecule has 0 aliphatic heterocycles. The molecule has 0 amide bonds. The highest BCUT2D eigenvalue weighted by Crippen LogP contribution is 2.22. The lowest BCUT2D eigenvalue weighted by Gasteiger charge is -2.14. The van der Waals surface area contributed by atoms with Crippen molar-refractivity contribution in [3.05, 3.63) is 51.3 Å². The molecule has 0 spiro atoms. The molecule has 0 aliphatic rings. The Hall–Kier alpha value is -1.03. The van der Waals surface area contributed by atoms with Gasteiger partial charge in [0.2, 0.25) is 0 Å². The third kappa shape index (κ3) is 3.35. The quantitative estimate of drug-likeness (QED) is 0.899. The fourth-order valence-corrected chi connectivity index (χ4v) is 2.62. The van der Waals surface area contributed by atoms with E-state index in [1.54, 1.807) is 0 Å². The van der Waals surface area contributed by atoms with E-state index in [0.717, 1.165) is 27.9 Å². The van der Waals surface area contributed by atoms with Gasteiger partial charge in [-0.2, -0.15) is 5.10 Å². The summed E-state index contributed by atoms with van der Waals surface area (Å²) in [5.74, 6) is 0. The number of nitrogens with one attached hydrogen (secondary N) is 1. The van der Waals surface area contributed by atoms with E-state index in [0.29, 0.717) is 6.54 Å². The maximum atomic E-state index is 6.34. The maximum Gasteiger partial charge on any atom is 0.0863 e. The minimum absolute atomic E-state index is 0.225. The molecule has 3 nitrogen and oxygen atoms in total. The van der Waals surface area contributed by atoms with Crippen LogP contribution in [0.2, 0.25) is 10.0 Å². The Labute approximate surface area is 129 Å². The van der Waals surface area contributed by atoms with Gasteiger partial charge in [0.1, 0.15) is 0 Å². The fourth-order valence-electron chi connectivity index (χ4n) is 2.13. The van der Waals surface area contributed by atoms with Crippen LogP contribution in [0.1, 0.15) is 36.8 Å². The van der Waals surface area contributed by atoms with Crippen LogP contribution in [0.5, 0.6) is 0 Å². The molecule has 0 fully saturated rings. The summed E-state index contributed by atoms with van der Waals surface area (Å²) < 4.78 is 1.85. The summed E-state index contributed by atoms with van der Waals surface area (Å²) in [6, 6.07) is 8.09. The molecule has 20 heavy (non-hydrogen) atoms. The third-order valence-corrected chi connectivity index (χ3v) is 4.14. The molecular formula is C15H19Cl2N3. The van der Waals surface area contributed by atoms with Crippen LogP contribution in [-0.2, 0) is 20.0 Å². The van der Waals surface area contributed by atoms with Gasteiger partial charge < -0.3 is 5.32 Å². The van der Waals surface area contributed by atoms with E-state index in [-0.39, 0.29) is 6.04 Å². The number of hydrogen-bond donors (Lipinski definition) is 1. The molecule has 0 bridgehead atoms. The van der Waals surface area contributed by atoms with Gasteiger partial charge in [0.15, 0.2) is 0 Å². The largest absolute Gasteiger partial charge is 0.305 e. The molecule has 2 rings (SSSR count). The summed E-state index contributed by atoms with van der Waals surface area (Å²) in [6.45, 7) is 4.86. The number of hydrogen-bond acceptors (Lipinski definition) is 2. The Morgan fingerprint density at radius 2 is 1.90 bits per heavy atom. The number of halogens is 2. The second kappa shape index (κ2) is 6.61. The monoisotopic (exact) mass is 311 g/mol. The van der Waals surface area contributed by atoms with E-state index in [9.17, 15) is 0 Å². The van der Waals surface area contributed by atoms with E-state index in [1.807, 2.05) is 36.0 Å². The van der Waals surface area contributed by atoms with Crippen LogP contribution in [0.15, 0.2) is 24.3 Å². The summed E-state index contributed by atoms with van der Waals surface area (Å²) in [5, 5.41) is 9.41. The van der Waals surface area contributed by atoms with Crippen LogP contribution in [-0.4, -0.2) is 9.78 Å². The van der Waals surface area contributed by atoms with Gasteiger partial charge in [-0.1, -0.05) is 42.3 Å². The molecule has 0 saturated heterocycles. The first kappa shape index (κ1) is 15.4. The Kier molecular flexibility index (Phi) is 5.08. The first-order valence-electron chi connectivity index (χ1n) is 6.72. The van der Waals surface area contributed by atoms with E-state index in [4.69, 9.17) is 23.2 Å². The summed E-state index contributed by atoms with van der Waals surface area (Å²) in [5.41, 5.74) is 3.16. The zero-order valence-electron chi connectivity index (χ0n) is 12.0. The second-order valence-electron chi connectivity index (χ2n) is 4.84. The number of nitrogens with zero attached hydrogens (tertiary/aromatic N) is 2. The number of benzene rings is 1. The maximum absolute atomic E-state index is 6.34. The van der Waals surface area contributed by atoms with Crippen LogP contribution in [0.25, 0.3) is 0 Å². The summed E-state index contributed by atoms with van der Waals surface area (Å²) in [7, 11) is 1.93. The minimum atomic E-state index is 0.225. The molecule has 0 unspecified atom stereocenters. The Bertz CT molecular complexity index is 576. The van der Waals surface area contributed by atoms with Crippen molar-refractivity contribution in [3.63, 3.8) is 0 Å². The van der Waals surface area contributed by atoms with Crippen LogP contribution < -0.4 is 5.32 Å². The number of aromatic nitrogens is 2. The molecule has 108 valence electrons. The molecule has 2 aromatic rings. The van der Waals surface area contributed by atoms with Crippen molar-refractivity contribution < 1.29 is 0 Å². The zero-order chi connectivity index (χ0) is 14.7. The van der Waals surface area contributed by atoms with Gasteiger partial charge in [-0.05, 0) is 31.0 Å². The highest BCUT2D eigenvalue weighted by atomic mass is 35.5. The van der Waals surface area contributed by atoms with Crippen LogP contribution in [0.4, 0.5) is 0 Å². The molecule has 1 atom stereocenters. The van der Waals surface area contributed by atoms with Gasteiger partial charge in [-0.3, -0.25) is 4.68 Å². The predicted molar refractivity (Wildman–Crippen MR) is 84.3 cm³/mol. The van der Waals surface area contributed by atoms with Crippen molar-refractivity contribution in [2.24, 2.45) is 7.05 Å². The van der Waals surface area contributed by atoms with Crippen molar-refractivity contribution in [3.8, 4) is 0 Å². The standard InChI is InChI=1S/C15H19Cl2N3/c1-4-13-15(17)14(20(3)19-13)9-18-10(2)11-5-7-12(16)8-6-11/h5-8,10,18H,4,9H2,1-3H3/t10-/m0/s1. The Morgan fingerprint density at radius 1 is 1.25 bits per heavy atom. The Balaban J connectivity index is 2.05. The van der Waals surface area contributed by atoms with E-state index in [1.165, 1.54) is 5.56 Å². The molecule has 1 heterocycles. The van der Waals surface area contributed by atoms with Crippen molar-refractivity contribution in [1.82, 2.24) is 15.1 Å². The SMILES string of the molecule is CCc1nn(C)c(CN[C@@H](C)c2ccc(Cl)cc2)c1Cl. The molecule has 1 N–H and O–H groups in total. The molecule has 5 heteroatoms.